The van der Waals surface area contributed by atoms with Crippen LogP contribution >= 0.6 is 11.6 Å². The van der Waals surface area contributed by atoms with E-state index in [0.29, 0.717) is 37.4 Å². The Labute approximate surface area is 163 Å². The molecular weight excluding hydrogens is 370 g/mol. The van der Waals surface area contributed by atoms with Crippen molar-refractivity contribution in [2.75, 3.05) is 13.1 Å². The van der Waals surface area contributed by atoms with Crippen LogP contribution in [0.5, 0.6) is 0 Å². The molecule has 0 radical (unpaired) electrons. The second-order valence-corrected chi connectivity index (χ2v) is 7.85. The summed E-state index contributed by atoms with van der Waals surface area (Å²) in [6.07, 6.45) is 1.84. The molecule has 27 heavy (non-hydrogen) atoms. The highest BCUT2D eigenvalue weighted by molar-refractivity contribution is 6.40. The van der Waals surface area contributed by atoms with E-state index in [1.807, 2.05) is 18.2 Å². The summed E-state index contributed by atoms with van der Waals surface area (Å²) in [4.78, 5) is 26.2. The van der Waals surface area contributed by atoms with Crippen molar-refractivity contribution in [3.05, 3.63) is 34.3 Å². The Balaban J connectivity index is 1.63. The molecule has 2 aliphatic rings. The Morgan fingerprint density at radius 3 is 2.74 bits per heavy atom. The number of carboxylic acid groups (broad SMARTS) is 1. The average Bonchev–Trinajstić information content (AvgIpc) is 3.04. The third-order valence-electron chi connectivity index (χ3n) is 5.54. The molecule has 3 unspecified atom stereocenters. The maximum atomic E-state index is 12.9. The van der Waals surface area contributed by atoms with E-state index in [1.54, 1.807) is 4.90 Å². The molecule has 3 rings (SSSR count). The van der Waals surface area contributed by atoms with Gasteiger partial charge in [-0.1, -0.05) is 24.1 Å². The average molecular weight is 395 g/mol. The molecule has 0 spiro atoms. The van der Waals surface area contributed by atoms with E-state index in [1.165, 1.54) is 0 Å². The van der Waals surface area contributed by atoms with Crippen molar-refractivity contribution < 1.29 is 24.7 Å². The number of carbonyl (C=O) groups excluding carboxylic acids is 1. The highest BCUT2D eigenvalue weighted by atomic mass is 35.5. The number of benzene rings is 1. The van der Waals surface area contributed by atoms with Crippen LogP contribution in [0, 0.1) is 11.8 Å². The maximum Gasteiger partial charge on any atom is 0.451 e. The topological polar surface area (TPSA) is 110 Å². The van der Waals surface area contributed by atoms with Crippen LogP contribution < -0.4 is 5.32 Å². The molecule has 0 bridgehead atoms. The monoisotopic (exact) mass is 394 g/mol. The second-order valence-electron chi connectivity index (χ2n) is 7.41. The fourth-order valence-electron chi connectivity index (χ4n) is 4.06. The summed E-state index contributed by atoms with van der Waals surface area (Å²) < 4.78 is 0. The summed E-state index contributed by atoms with van der Waals surface area (Å²) in [6.45, 7) is 1.15. The molecule has 0 aromatic heterocycles. The molecule has 1 aromatic rings. The molecule has 4 N–H and O–H groups in total. The fraction of sp³-hybridized carbons (Fsp3) is 0.556. The SMILES string of the molecule is O=C(O)C1CN(C(=O)C2Cc3ccc(Cl)cc3CN2)CC1CCCB(O)O. The number of aliphatic carboxylic acids is 1. The first-order valence-electron chi connectivity index (χ1n) is 9.23. The zero-order valence-corrected chi connectivity index (χ0v) is 15.7. The van der Waals surface area contributed by atoms with Gasteiger partial charge < -0.3 is 25.4 Å². The van der Waals surface area contributed by atoms with Crippen molar-refractivity contribution in [2.24, 2.45) is 11.8 Å². The van der Waals surface area contributed by atoms with Gasteiger partial charge in [0.2, 0.25) is 5.91 Å². The number of fused-ring (bicyclic) bond motifs is 1. The predicted octanol–water partition coefficient (Wildman–Crippen LogP) is 0.766. The van der Waals surface area contributed by atoms with Gasteiger partial charge in [-0.15, -0.1) is 0 Å². The summed E-state index contributed by atoms with van der Waals surface area (Å²) in [6, 6.07) is 5.28. The van der Waals surface area contributed by atoms with E-state index < -0.39 is 19.0 Å². The Morgan fingerprint density at radius 1 is 1.26 bits per heavy atom. The number of carboxylic acids is 1. The third-order valence-corrected chi connectivity index (χ3v) is 5.77. The van der Waals surface area contributed by atoms with Crippen LogP contribution in [-0.2, 0) is 22.6 Å². The number of halogens is 1. The third kappa shape index (κ3) is 4.82. The molecule has 3 atom stereocenters. The number of nitrogens with one attached hydrogen (secondary N) is 1. The number of carbonyl (C=O) groups is 2. The van der Waals surface area contributed by atoms with Crippen molar-refractivity contribution in [3.8, 4) is 0 Å². The van der Waals surface area contributed by atoms with Gasteiger partial charge in [-0.05, 0) is 48.3 Å². The minimum Gasteiger partial charge on any atom is -0.481 e. The summed E-state index contributed by atoms with van der Waals surface area (Å²) in [5.74, 6) is -1.76. The summed E-state index contributed by atoms with van der Waals surface area (Å²) >= 11 is 6.01. The number of likely N-dealkylation sites (tertiary alicyclic amines) is 1. The van der Waals surface area contributed by atoms with E-state index >= 15 is 0 Å². The molecule has 1 saturated heterocycles. The van der Waals surface area contributed by atoms with E-state index in [-0.39, 0.29) is 30.7 Å². The van der Waals surface area contributed by atoms with Crippen LogP contribution in [0.3, 0.4) is 0 Å². The van der Waals surface area contributed by atoms with E-state index in [4.69, 9.17) is 21.6 Å². The quantitative estimate of drug-likeness (QED) is 0.531. The second kappa shape index (κ2) is 8.60. The lowest BCUT2D eigenvalue weighted by molar-refractivity contribution is -0.142. The van der Waals surface area contributed by atoms with Gasteiger partial charge in [-0.2, -0.15) is 0 Å². The lowest BCUT2D eigenvalue weighted by atomic mass is 9.80. The first-order valence-corrected chi connectivity index (χ1v) is 9.61. The van der Waals surface area contributed by atoms with Crippen LogP contribution in [0.1, 0.15) is 24.0 Å². The summed E-state index contributed by atoms with van der Waals surface area (Å²) in [7, 11) is -1.38. The van der Waals surface area contributed by atoms with Crippen molar-refractivity contribution >= 4 is 30.6 Å². The van der Waals surface area contributed by atoms with E-state index in [2.05, 4.69) is 5.32 Å². The lowest BCUT2D eigenvalue weighted by Gasteiger charge is -2.29. The minimum absolute atomic E-state index is 0.0773. The predicted molar refractivity (Wildman–Crippen MR) is 101 cm³/mol. The molecule has 7 nitrogen and oxygen atoms in total. The standard InChI is InChI=1S/C18H24BClN2O5/c20-14-4-3-11-7-16(21-8-13(11)6-14)17(23)22-9-12(2-1-5-19(26)27)15(10-22)18(24)25/h3-4,6,12,15-16,21,26-27H,1-2,5,7-10H2,(H,24,25). The number of hydrogen-bond donors (Lipinski definition) is 4. The normalized spacial score (nSPS) is 24.6. The highest BCUT2D eigenvalue weighted by Gasteiger charge is 2.41. The number of rotatable bonds is 6. The van der Waals surface area contributed by atoms with Crippen molar-refractivity contribution in [3.63, 3.8) is 0 Å². The van der Waals surface area contributed by atoms with Crippen molar-refractivity contribution in [2.45, 2.75) is 38.2 Å². The fourth-order valence-corrected chi connectivity index (χ4v) is 4.26. The van der Waals surface area contributed by atoms with E-state index in [9.17, 15) is 14.7 Å². The van der Waals surface area contributed by atoms with Crippen LogP contribution in [0.25, 0.3) is 0 Å². The van der Waals surface area contributed by atoms with Crippen LogP contribution in [0.2, 0.25) is 11.3 Å². The summed E-state index contributed by atoms with van der Waals surface area (Å²) in [5, 5.41) is 31.3. The largest absolute Gasteiger partial charge is 0.481 e. The first-order chi connectivity index (χ1) is 12.8. The van der Waals surface area contributed by atoms with Gasteiger partial charge in [0, 0.05) is 24.7 Å². The lowest BCUT2D eigenvalue weighted by Crippen LogP contribution is -2.49. The molecule has 1 aromatic carbocycles. The Morgan fingerprint density at radius 2 is 2.04 bits per heavy atom. The first kappa shape index (κ1) is 20.1. The molecular formula is C18H24BClN2O5. The number of nitrogens with zero attached hydrogens (tertiary/aromatic N) is 1. The van der Waals surface area contributed by atoms with Crippen molar-refractivity contribution in [1.82, 2.24) is 10.2 Å². The minimum atomic E-state index is -1.38. The molecule has 1 amide bonds. The smallest absolute Gasteiger partial charge is 0.451 e. The number of amides is 1. The molecule has 0 saturated carbocycles. The number of hydrogen-bond acceptors (Lipinski definition) is 5. The Bertz CT molecular complexity index is 717. The summed E-state index contributed by atoms with van der Waals surface area (Å²) in [5.41, 5.74) is 2.16. The molecule has 2 aliphatic heterocycles. The van der Waals surface area contributed by atoms with Crippen LogP contribution in [-0.4, -0.2) is 58.2 Å². The van der Waals surface area contributed by atoms with Gasteiger partial charge in [-0.25, -0.2) is 0 Å². The van der Waals surface area contributed by atoms with Gasteiger partial charge in [0.15, 0.2) is 0 Å². The molecule has 9 heteroatoms. The van der Waals surface area contributed by atoms with Gasteiger partial charge in [0.1, 0.15) is 0 Å². The van der Waals surface area contributed by atoms with Gasteiger partial charge in [0.05, 0.1) is 12.0 Å². The molecule has 2 heterocycles. The van der Waals surface area contributed by atoms with Crippen molar-refractivity contribution in [1.29, 1.82) is 0 Å². The van der Waals surface area contributed by atoms with E-state index in [0.717, 1.165) is 11.1 Å². The Kier molecular flexibility index (Phi) is 6.42. The van der Waals surface area contributed by atoms with Gasteiger partial charge in [0.25, 0.3) is 0 Å². The zero-order chi connectivity index (χ0) is 19.6. The Hall–Kier alpha value is -1.61. The highest BCUT2D eigenvalue weighted by Crippen LogP contribution is 2.30. The molecule has 0 aliphatic carbocycles. The molecule has 1 fully saturated rings. The van der Waals surface area contributed by atoms with Crippen LogP contribution in [0.4, 0.5) is 0 Å². The van der Waals surface area contributed by atoms with Crippen LogP contribution in [0.15, 0.2) is 18.2 Å². The van der Waals surface area contributed by atoms with Gasteiger partial charge in [-0.3, -0.25) is 9.59 Å². The zero-order valence-electron chi connectivity index (χ0n) is 15.0. The maximum absolute atomic E-state index is 12.9. The molecule has 146 valence electrons. The van der Waals surface area contributed by atoms with Gasteiger partial charge >= 0.3 is 13.1 Å².